The first kappa shape index (κ1) is 16.1. The molecule has 3 rings (SSSR count). The molecular formula is C19H21BrN2O. The minimum absolute atomic E-state index is 0.00817. The summed E-state index contributed by atoms with van der Waals surface area (Å²) in [5, 5.41) is 2.97. The Morgan fingerprint density at radius 2 is 1.78 bits per heavy atom. The Bertz CT molecular complexity index is 663. The average Bonchev–Trinajstić information content (AvgIpc) is 2.56. The minimum Gasteiger partial charge on any atom is -0.372 e. The van der Waals surface area contributed by atoms with Crippen LogP contribution in [0, 0.1) is 0 Å². The first-order valence-corrected chi connectivity index (χ1v) is 8.89. The van der Waals surface area contributed by atoms with Gasteiger partial charge in [0.2, 0.25) is 5.91 Å². The molecule has 2 aromatic carbocycles. The summed E-state index contributed by atoms with van der Waals surface area (Å²) in [5.74, 6) is 0.00817. The molecule has 1 fully saturated rings. The fourth-order valence-corrected chi connectivity index (χ4v) is 3.39. The van der Waals surface area contributed by atoms with Crippen LogP contribution in [0.3, 0.4) is 0 Å². The number of carbonyl (C=O) groups is 1. The third-order valence-corrected chi connectivity index (χ3v) is 4.62. The van der Waals surface area contributed by atoms with E-state index in [1.165, 1.54) is 24.9 Å². The van der Waals surface area contributed by atoms with Gasteiger partial charge in [0.25, 0.3) is 0 Å². The van der Waals surface area contributed by atoms with E-state index in [0.717, 1.165) is 28.8 Å². The summed E-state index contributed by atoms with van der Waals surface area (Å²) in [6.45, 7) is 2.27. The number of halogens is 1. The molecule has 2 aromatic rings. The molecule has 0 atom stereocenters. The molecule has 1 N–H and O–H groups in total. The van der Waals surface area contributed by atoms with Crippen molar-refractivity contribution in [1.82, 2.24) is 0 Å². The van der Waals surface area contributed by atoms with E-state index in [9.17, 15) is 4.79 Å². The number of hydrogen-bond acceptors (Lipinski definition) is 2. The van der Waals surface area contributed by atoms with Crippen molar-refractivity contribution in [1.29, 1.82) is 0 Å². The van der Waals surface area contributed by atoms with Crippen LogP contribution in [-0.2, 0) is 11.2 Å². The standard InChI is InChI=1S/C19H21BrN2O/c20-16-6-4-5-15(13-16)14-19(23)21-17-7-9-18(10-8-17)22-11-2-1-3-12-22/h4-10,13H,1-3,11-12,14H2,(H,21,23). The normalized spacial score (nSPS) is 14.6. The van der Waals surface area contributed by atoms with Crippen LogP contribution in [0.25, 0.3) is 0 Å². The highest BCUT2D eigenvalue weighted by Crippen LogP contribution is 2.22. The van der Waals surface area contributed by atoms with Gasteiger partial charge in [-0.1, -0.05) is 28.1 Å². The van der Waals surface area contributed by atoms with E-state index in [0.29, 0.717) is 6.42 Å². The predicted molar refractivity (Wildman–Crippen MR) is 99.0 cm³/mol. The van der Waals surface area contributed by atoms with E-state index in [2.05, 4.69) is 38.3 Å². The van der Waals surface area contributed by atoms with Gasteiger partial charge >= 0.3 is 0 Å². The first-order valence-electron chi connectivity index (χ1n) is 8.10. The van der Waals surface area contributed by atoms with Crippen molar-refractivity contribution in [3.8, 4) is 0 Å². The van der Waals surface area contributed by atoms with Gasteiger partial charge in [0, 0.05) is 28.9 Å². The van der Waals surface area contributed by atoms with Crippen molar-refractivity contribution in [2.75, 3.05) is 23.3 Å². The smallest absolute Gasteiger partial charge is 0.228 e. The number of hydrogen-bond donors (Lipinski definition) is 1. The SMILES string of the molecule is O=C(Cc1cccc(Br)c1)Nc1ccc(N2CCCCC2)cc1. The highest BCUT2D eigenvalue weighted by molar-refractivity contribution is 9.10. The number of amides is 1. The Hall–Kier alpha value is -1.81. The Kier molecular flexibility index (Phi) is 5.34. The van der Waals surface area contributed by atoms with E-state index >= 15 is 0 Å². The summed E-state index contributed by atoms with van der Waals surface area (Å²) in [6.07, 6.45) is 4.25. The van der Waals surface area contributed by atoms with E-state index in [1.54, 1.807) is 0 Å². The highest BCUT2D eigenvalue weighted by Gasteiger charge is 2.11. The van der Waals surface area contributed by atoms with Crippen molar-refractivity contribution in [2.45, 2.75) is 25.7 Å². The van der Waals surface area contributed by atoms with Crippen LogP contribution in [0.1, 0.15) is 24.8 Å². The Labute approximate surface area is 145 Å². The second-order valence-electron chi connectivity index (χ2n) is 5.95. The molecule has 1 aliphatic rings. The number of benzene rings is 2. The Morgan fingerprint density at radius 3 is 2.48 bits per heavy atom. The Balaban J connectivity index is 1.58. The van der Waals surface area contributed by atoms with Gasteiger partial charge in [0.05, 0.1) is 6.42 Å². The lowest BCUT2D eigenvalue weighted by Crippen LogP contribution is -2.29. The largest absolute Gasteiger partial charge is 0.372 e. The van der Waals surface area contributed by atoms with Gasteiger partial charge in [0.15, 0.2) is 0 Å². The van der Waals surface area contributed by atoms with Crippen LogP contribution < -0.4 is 10.2 Å². The number of nitrogens with one attached hydrogen (secondary N) is 1. The van der Waals surface area contributed by atoms with Crippen LogP contribution in [0.15, 0.2) is 53.0 Å². The molecule has 1 aliphatic heterocycles. The van der Waals surface area contributed by atoms with Gasteiger partial charge in [-0.25, -0.2) is 0 Å². The number of piperidine rings is 1. The highest BCUT2D eigenvalue weighted by atomic mass is 79.9. The van der Waals surface area contributed by atoms with Gasteiger partial charge in [-0.3, -0.25) is 4.79 Å². The number of carbonyl (C=O) groups excluding carboxylic acids is 1. The second kappa shape index (κ2) is 7.64. The lowest BCUT2D eigenvalue weighted by Gasteiger charge is -2.28. The summed E-state index contributed by atoms with van der Waals surface area (Å²) in [4.78, 5) is 14.6. The van der Waals surface area contributed by atoms with Crippen molar-refractivity contribution >= 4 is 33.2 Å². The summed E-state index contributed by atoms with van der Waals surface area (Å²) < 4.78 is 0.994. The van der Waals surface area contributed by atoms with Crippen LogP contribution in [0.2, 0.25) is 0 Å². The van der Waals surface area contributed by atoms with Crippen molar-refractivity contribution < 1.29 is 4.79 Å². The molecule has 4 heteroatoms. The number of nitrogens with zero attached hydrogens (tertiary/aromatic N) is 1. The predicted octanol–water partition coefficient (Wildman–Crippen LogP) is 4.62. The third kappa shape index (κ3) is 4.58. The van der Waals surface area contributed by atoms with Crippen molar-refractivity contribution in [2.24, 2.45) is 0 Å². The lowest BCUT2D eigenvalue weighted by atomic mass is 10.1. The summed E-state index contributed by atoms with van der Waals surface area (Å²) in [7, 11) is 0. The van der Waals surface area contributed by atoms with Gasteiger partial charge in [-0.15, -0.1) is 0 Å². The molecule has 0 bridgehead atoms. The molecule has 120 valence electrons. The van der Waals surface area contributed by atoms with E-state index in [4.69, 9.17) is 0 Å². The quantitative estimate of drug-likeness (QED) is 0.848. The number of anilines is 2. The zero-order valence-corrected chi connectivity index (χ0v) is 14.7. The van der Waals surface area contributed by atoms with Crippen molar-refractivity contribution in [3.05, 3.63) is 58.6 Å². The average molecular weight is 373 g/mol. The lowest BCUT2D eigenvalue weighted by molar-refractivity contribution is -0.115. The van der Waals surface area contributed by atoms with Crippen LogP contribution in [0.5, 0.6) is 0 Å². The minimum atomic E-state index is 0.00817. The zero-order chi connectivity index (χ0) is 16.1. The molecule has 1 amide bonds. The second-order valence-corrected chi connectivity index (χ2v) is 6.87. The molecule has 23 heavy (non-hydrogen) atoms. The van der Waals surface area contributed by atoms with E-state index in [1.807, 2.05) is 36.4 Å². The molecule has 0 unspecified atom stereocenters. The summed E-state index contributed by atoms with van der Waals surface area (Å²) in [6, 6.07) is 16.0. The molecular weight excluding hydrogens is 352 g/mol. The molecule has 1 saturated heterocycles. The summed E-state index contributed by atoms with van der Waals surface area (Å²) in [5.41, 5.74) is 3.10. The van der Waals surface area contributed by atoms with Crippen LogP contribution >= 0.6 is 15.9 Å². The molecule has 3 nitrogen and oxygen atoms in total. The van der Waals surface area contributed by atoms with Crippen molar-refractivity contribution in [3.63, 3.8) is 0 Å². The molecule has 0 aromatic heterocycles. The van der Waals surface area contributed by atoms with Gasteiger partial charge < -0.3 is 10.2 Å². The van der Waals surface area contributed by atoms with E-state index in [-0.39, 0.29) is 5.91 Å². The number of rotatable bonds is 4. The van der Waals surface area contributed by atoms with Gasteiger partial charge in [0.1, 0.15) is 0 Å². The first-order chi connectivity index (χ1) is 11.2. The Morgan fingerprint density at radius 1 is 1.04 bits per heavy atom. The van der Waals surface area contributed by atoms with Gasteiger partial charge in [-0.05, 0) is 61.2 Å². The zero-order valence-electron chi connectivity index (χ0n) is 13.1. The van der Waals surface area contributed by atoms with Crippen LogP contribution in [-0.4, -0.2) is 19.0 Å². The third-order valence-electron chi connectivity index (χ3n) is 4.13. The topological polar surface area (TPSA) is 32.3 Å². The monoisotopic (exact) mass is 372 g/mol. The fourth-order valence-electron chi connectivity index (χ4n) is 2.95. The van der Waals surface area contributed by atoms with E-state index < -0.39 is 0 Å². The fraction of sp³-hybridized carbons (Fsp3) is 0.316. The molecule has 1 heterocycles. The maximum atomic E-state index is 12.1. The maximum absolute atomic E-state index is 12.1. The molecule has 0 aliphatic carbocycles. The summed E-state index contributed by atoms with van der Waals surface area (Å²) >= 11 is 3.43. The van der Waals surface area contributed by atoms with Crippen LogP contribution in [0.4, 0.5) is 11.4 Å². The molecule has 0 spiro atoms. The maximum Gasteiger partial charge on any atom is 0.228 e. The van der Waals surface area contributed by atoms with Gasteiger partial charge in [-0.2, -0.15) is 0 Å². The molecule has 0 radical (unpaired) electrons. The molecule has 0 saturated carbocycles.